The Balaban J connectivity index is 1.44. The van der Waals surface area contributed by atoms with Crippen molar-refractivity contribution in [2.24, 2.45) is 0 Å². The third kappa shape index (κ3) is 3.50. The van der Waals surface area contributed by atoms with Crippen LogP contribution in [0.5, 0.6) is 0 Å². The molecule has 19 heavy (non-hydrogen) atoms. The SMILES string of the molecule is OC1(CN2CCC(N3CCCCC3)CC2)CCCC1. The standard InChI is InChI=1S/C16H30N2O/c19-16(8-2-3-9-16)14-17-12-6-15(7-13-17)18-10-4-1-5-11-18/h15,19H,1-14H2. The minimum absolute atomic E-state index is 0.349. The Morgan fingerprint density at radius 2 is 1.47 bits per heavy atom. The van der Waals surface area contributed by atoms with E-state index in [1.165, 1.54) is 71.1 Å². The average molecular weight is 266 g/mol. The van der Waals surface area contributed by atoms with Gasteiger partial charge in [-0.1, -0.05) is 19.3 Å². The number of rotatable bonds is 3. The third-order valence-electron chi connectivity index (χ3n) is 5.52. The molecule has 1 aliphatic carbocycles. The molecule has 0 spiro atoms. The average Bonchev–Trinajstić information content (AvgIpc) is 2.87. The highest BCUT2D eigenvalue weighted by molar-refractivity contribution is 4.90. The summed E-state index contributed by atoms with van der Waals surface area (Å²) in [6, 6.07) is 0.828. The lowest BCUT2D eigenvalue weighted by Crippen LogP contribution is -2.50. The second kappa shape index (κ2) is 6.11. The van der Waals surface area contributed by atoms with Crippen molar-refractivity contribution in [3.63, 3.8) is 0 Å². The summed E-state index contributed by atoms with van der Waals surface area (Å²) in [5, 5.41) is 10.5. The summed E-state index contributed by atoms with van der Waals surface area (Å²) >= 11 is 0. The van der Waals surface area contributed by atoms with Gasteiger partial charge in [0, 0.05) is 12.6 Å². The van der Waals surface area contributed by atoms with Crippen LogP contribution in [0.1, 0.15) is 57.8 Å². The van der Waals surface area contributed by atoms with Crippen molar-refractivity contribution in [3.8, 4) is 0 Å². The molecule has 0 radical (unpaired) electrons. The first kappa shape index (κ1) is 13.8. The summed E-state index contributed by atoms with van der Waals surface area (Å²) in [5.74, 6) is 0. The summed E-state index contributed by atoms with van der Waals surface area (Å²) in [6.45, 7) is 5.98. The van der Waals surface area contributed by atoms with Crippen LogP contribution in [0.2, 0.25) is 0 Å². The highest BCUT2D eigenvalue weighted by Gasteiger charge is 2.34. The Morgan fingerprint density at radius 1 is 0.842 bits per heavy atom. The quantitative estimate of drug-likeness (QED) is 0.848. The van der Waals surface area contributed by atoms with Gasteiger partial charge in [-0.15, -0.1) is 0 Å². The fraction of sp³-hybridized carbons (Fsp3) is 1.00. The van der Waals surface area contributed by atoms with Gasteiger partial charge in [0.1, 0.15) is 0 Å². The zero-order valence-electron chi connectivity index (χ0n) is 12.3. The molecule has 0 atom stereocenters. The van der Waals surface area contributed by atoms with E-state index in [2.05, 4.69) is 9.80 Å². The van der Waals surface area contributed by atoms with Gasteiger partial charge in [-0.05, 0) is 64.7 Å². The lowest BCUT2D eigenvalue weighted by atomic mass is 9.97. The highest BCUT2D eigenvalue weighted by atomic mass is 16.3. The van der Waals surface area contributed by atoms with Crippen LogP contribution in [0.3, 0.4) is 0 Å². The predicted octanol–water partition coefficient (Wildman–Crippen LogP) is 2.24. The molecule has 2 saturated heterocycles. The van der Waals surface area contributed by atoms with Gasteiger partial charge in [-0.3, -0.25) is 0 Å². The number of hydrogen-bond donors (Lipinski definition) is 1. The van der Waals surface area contributed by atoms with Crippen molar-refractivity contribution >= 4 is 0 Å². The molecule has 0 aromatic heterocycles. The molecule has 3 nitrogen and oxygen atoms in total. The molecule has 3 heteroatoms. The fourth-order valence-electron chi connectivity index (χ4n) is 4.33. The lowest BCUT2D eigenvalue weighted by molar-refractivity contribution is -0.00577. The third-order valence-corrected chi connectivity index (χ3v) is 5.52. The smallest absolute Gasteiger partial charge is 0.0774 e. The molecular weight excluding hydrogens is 236 g/mol. The lowest BCUT2D eigenvalue weighted by Gasteiger charge is -2.41. The van der Waals surface area contributed by atoms with E-state index in [1.54, 1.807) is 0 Å². The Labute approximate surface area is 118 Å². The molecular formula is C16H30N2O. The molecule has 0 amide bonds. The number of hydrogen-bond acceptors (Lipinski definition) is 3. The second-order valence-electron chi connectivity index (χ2n) is 7.04. The molecule has 3 aliphatic rings. The minimum Gasteiger partial charge on any atom is -0.389 e. The second-order valence-corrected chi connectivity index (χ2v) is 7.04. The maximum Gasteiger partial charge on any atom is 0.0774 e. The van der Waals surface area contributed by atoms with Gasteiger partial charge in [0.05, 0.1) is 5.60 Å². The van der Waals surface area contributed by atoms with Gasteiger partial charge in [0.25, 0.3) is 0 Å². The summed E-state index contributed by atoms with van der Waals surface area (Å²) < 4.78 is 0. The Kier molecular flexibility index (Phi) is 4.45. The van der Waals surface area contributed by atoms with Crippen LogP contribution in [-0.4, -0.2) is 59.3 Å². The zero-order chi connectivity index (χ0) is 13.1. The Bertz CT molecular complexity index is 274. The predicted molar refractivity (Wildman–Crippen MR) is 78.3 cm³/mol. The number of nitrogens with zero attached hydrogens (tertiary/aromatic N) is 2. The van der Waals surface area contributed by atoms with Gasteiger partial charge in [0.2, 0.25) is 0 Å². The van der Waals surface area contributed by atoms with Crippen molar-refractivity contribution in [1.29, 1.82) is 0 Å². The molecule has 0 aromatic carbocycles. The summed E-state index contributed by atoms with van der Waals surface area (Å²) in [4.78, 5) is 5.25. The van der Waals surface area contributed by atoms with E-state index in [0.717, 1.165) is 25.4 Å². The van der Waals surface area contributed by atoms with Crippen LogP contribution in [0.15, 0.2) is 0 Å². The molecule has 110 valence electrons. The summed E-state index contributed by atoms with van der Waals surface area (Å²) in [5.41, 5.74) is -0.349. The number of likely N-dealkylation sites (tertiary alicyclic amines) is 2. The zero-order valence-corrected chi connectivity index (χ0v) is 12.3. The molecule has 2 heterocycles. The van der Waals surface area contributed by atoms with E-state index in [0.29, 0.717) is 0 Å². The number of piperidine rings is 2. The van der Waals surface area contributed by atoms with Gasteiger partial charge in [-0.25, -0.2) is 0 Å². The molecule has 0 bridgehead atoms. The van der Waals surface area contributed by atoms with Crippen molar-refractivity contribution in [2.45, 2.75) is 69.4 Å². The van der Waals surface area contributed by atoms with Crippen LogP contribution in [-0.2, 0) is 0 Å². The van der Waals surface area contributed by atoms with Crippen LogP contribution >= 0.6 is 0 Å². The fourth-order valence-corrected chi connectivity index (χ4v) is 4.33. The van der Waals surface area contributed by atoms with Gasteiger partial charge in [-0.2, -0.15) is 0 Å². The Morgan fingerprint density at radius 3 is 2.11 bits per heavy atom. The van der Waals surface area contributed by atoms with E-state index in [9.17, 15) is 5.11 Å². The van der Waals surface area contributed by atoms with Crippen LogP contribution in [0, 0.1) is 0 Å². The maximum atomic E-state index is 10.5. The topological polar surface area (TPSA) is 26.7 Å². The van der Waals surface area contributed by atoms with Gasteiger partial charge in [0.15, 0.2) is 0 Å². The van der Waals surface area contributed by atoms with Crippen LogP contribution < -0.4 is 0 Å². The molecule has 0 aromatic rings. The molecule has 3 rings (SSSR count). The van der Waals surface area contributed by atoms with E-state index < -0.39 is 0 Å². The summed E-state index contributed by atoms with van der Waals surface area (Å²) in [6.07, 6.45) is 11.4. The van der Waals surface area contributed by atoms with Crippen molar-refractivity contribution in [2.75, 3.05) is 32.7 Å². The van der Waals surface area contributed by atoms with Crippen molar-refractivity contribution in [1.82, 2.24) is 9.80 Å². The first-order valence-corrected chi connectivity index (χ1v) is 8.44. The van der Waals surface area contributed by atoms with E-state index in [4.69, 9.17) is 0 Å². The molecule has 1 N–H and O–H groups in total. The van der Waals surface area contributed by atoms with Crippen molar-refractivity contribution in [3.05, 3.63) is 0 Å². The van der Waals surface area contributed by atoms with Crippen LogP contribution in [0.25, 0.3) is 0 Å². The van der Waals surface area contributed by atoms with Gasteiger partial charge < -0.3 is 14.9 Å². The largest absolute Gasteiger partial charge is 0.389 e. The molecule has 0 unspecified atom stereocenters. The molecule has 1 saturated carbocycles. The van der Waals surface area contributed by atoms with E-state index in [-0.39, 0.29) is 5.60 Å². The monoisotopic (exact) mass is 266 g/mol. The highest BCUT2D eigenvalue weighted by Crippen LogP contribution is 2.31. The van der Waals surface area contributed by atoms with Crippen LogP contribution in [0.4, 0.5) is 0 Å². The Hall–Kier alpha value is -0.120. The molecule has 3 fully saturated rings. The van der Waals surface area contributed by atoms with Crippen molar-refractivity contribution < 1.29 is 5.11 Å². The number of β-amino-alcohol motifs (C(OH)–C–C–N with tert-alkyl or cyclic N) is 1. The summed E-state index contributed by atoms with van der Waals surface area (Å²) in [7, 11) is 0. The number of aliphatic hydroxyl groups is 1. The van der Waals surface area contributed by atoms with Gasteiger partial charge >= 0.3 is 0 Å². The van der Waals surface area contributed by atoms with E-state index in [1.807, 2.05) is 0 Å². The minimum atomic E-state index is -0.349. The maximum absolute atomic E-state index is 10.5. The first-order valence-electron chi connectivity index (χ1n) is 8.44. The van der Waals surface area contributed by atoms with E-state index >= 15 is 0 Å². The first-order chi connectivity index (χ1) is 9.25. The normalized spacial score (nSPS) is 30.8. The molecule has 2 aliphatic heterocycles.